The summed E-state index contributed by atoms with van der Waals surface area (Å²) in [6, 6.07) is 15.5. The predicted octanol–water partition coefficient (Wildman–Crippen LogP) is 5.84. The maximum Gasteiger partial charge on any atom is 0.254 e. The van der Waals surface area contributed by atoms with Gasteiger partial charge < -0.3 is 19.3 Å². The maximum atomic E-state index is 13.9. The van der Waals surface area contributed by atoms with E-state index in [0.717, 1.165) is 30.6 Å². The van der Waals surface area contributed by atoms with Crippen molar-refractivity contribution in [3.63, 3.8) is 0 Å². The summed E-state index contributed by atoms with van der Waals surface area (Å²) in [6.45, 7) is 6.01. The summed E-state index contributed by atoms with van der Waals surface area (Å²) < 4.78 is 25.9. The quantitative estimate of drug-likeness (QED) is 0.336. The molecule has 0 radical (unpaired) electrons. The van der Waals surface area contributed by atoms with Crippen molar-refractivity contribution >= 4 is 23.2 Å². The molecule has 1 fully saturated rings. The van der Waals surface area contributed by atoms with Gasteiger partial charge in [0.2, 0.25) is 5.91 Å². The van der Waals surface area contributed by atoms with Gasteiger partial charge in [-0.1, -0.05) is 32.0 Å². The SMILES string of the molecule is CC(C)c1ccc(OCC2c3ccsc3CCN2C(=O)CN(CC2CCCO2)C(=O)c2cccc(F)c2)cc1. The summed E-state index contributed by atoms with van der Waals surface area (Å²) in [5.41, 5.74) is 2.57. The van der Waals surface area contributed by atoms with Crippen molar-refractivity contribution in [3.8, 4) is 5.75 Å². The van der Waals surface area contributed by atoms with E-state index in [1.54, 1.807) is 17.4 Å². The van der Waals surface area contributed by atoms with Gasteiger partial charge in [-0.3, -0.25) is 9.59 Å². The lowest BCUT2D eigenvalue weighted by Gasteiger charge is -2.37. The Morgan fingerprint density at radius 1 is 1.18 bits per heavy atom. The Bertz CT molecular complexity index is 1290. The van der Waals surface area contributed by atoms with Crippen LogP contribution in [0.4, 0.5) is 4.39 Å². The number of rotatable bonds is 9. The zero-order valence-corrected chi connectivity index (χ0v) is 23.3. The lowest BCUT2D eigenvalue weighted by Crippen LogP contribution is -2.49. The minimum Gasteiger partial charge on any atom is -0.491 e. The van der Waals surface area contributed by atoms with E-state index in [9.17, 15) is 14.0 Å². The second-order valence-electron chi connectivity index (χ2n) is 10.5. The topological polar surface area (TPSA) is 59.1 Å². The van der Waals surface area contributed by atoms with Crippen molar-refractivity contribution in [1.29, 1.82) is 0 Å². The molecular weight excluding hydrogens is 515 g/mol. The Labute approximate surface area is 233 Å². The number of hydrogen-bond donors (Lipinski definition) is 0. The number of ether oxygens (including phenoxy) is 2. The highest BCUT2D eigenvalue weighted by Crippen LogP contribution is 2.34. The lowest BCUT2D eigenvalue weighted by atomic mass is 10.00. The first-order valence-corrected chi connectivity index (χ1v) is 14.5. The fourth-order valence-electron chi connectivity index (χ4n) is 5.31. The molecule has 0 N–H and O–H groups in total. The van der Waals surface area contributed by atoms with E-state index in [1.165, 1.54) is 33.5 Å². The molecule has 6 nitrogen and oxygen atoms in total. The summed E-state index contributed by atoms with van der Waals surface area (Å²) in [5.74, 6) is 0.189. The Morgan fingerprint density at radius 2 is 2.00 bits per heavy atom. The highest BCUT2D eigenvalue weighted by atomic mass is 32.1. The number of thiophene rings is 1. The Balaban J connectivity index is 1.34. The largest absolute Gasteiger partial charge is 0.491 e. The van der Waals surface area contributed by atoms with Crippen LogP contribution in [0.15, 0.2) is 60.0 Å². The zero-order valence-electron chi connectivity index (χ0n) is 22.5. The van der Waals surface area contributed by atoms with Crippen molar-refractivity contribution < 1.29 is 23.5 Å². The molecule has 5 rings (SSSR count). The monoisotopic (exact) mass is 550 g/mol. The molecule has 3 aromatic rings. The highest BCUT2D eigenvalue weighted by Gasteiger charge is 2.34. The van der Waals surface area contributed by atoms with Gasteiger partial charge in [0.15, 0.2) is 0 Å². The molecule has 1 saturated heterocycles. The van der Waals surface area contributed by atoms with Gasteiger partial charge in [-0.25, -0.2) is 4.39 Å². The lowest BCUT2D eigenvalue weighted by molar-refractivity contribution is -0.135. The van der Waals surface area contributed by atoms with E-state index in [0.29, 0.717) is 32.2 Å². The molecule has 0 bridgehead atoms. The number of halogens is 1. The van der Waals surface area contributed by atoms with Crippen LogP contribution in [-0.2, 0) is 16.0 Å². The van der Waals surface area contributed by atoms with E-state index >= 15 is 0 Å². The third-order valence-corrected chi connectivity index (χ3v) is 8.50. The van der Waals surface area contributed by atoms with Crippen molar-refractivity contribution in [2.75, 3.05) is 32.8 Å². The Hall–Kier alpha value is -3.23. The van der Waals surface area contributed by atoms with Gasteiger partial charge in [-0.15, -0.1) is 11.3 Å². The van der Waals surface area contributed by atoms with Gasteiger partial charge in [0.1, 0.15) is 24.7 Å². The summed E-state index contributed by atoms with van der Waals surface area (Å²) in [6.07, 6.45) is 2.38. The maximum absolute atomic E-state index is 13.9. The van der Waals surface area contributed by atoms with Crippen LogP contribution >= 0.6 is 11.3 Å². The predicted molar refractivity (Wildman–Crippen MR) is 150 cm³/mol. The van der Waals surface area contributed by atoms with Crippen LogP contribution in [0.2, 0.25) is 0 Å². The molecule has 206 valence electrons. The second kappa shape index (κ2) is 12.3. The van der Waals surface area contributed by atoms with Crippen molar-refractivity contribution in [3.05, 3.63) is 87.4 Å². The number of nitrogens with zero attached hydrogens (tertiary/aromatic N) is 2. The summed E-state index contributed by atoms with van der Waals surface area (Å²) >= 11 is 1.70. The molecule has 3 heterocycles. The van der Waals surface area contributed by atoms with Gasteiger partial charge in [0.05, 0.1) is 12.1 Å². The van der Waals surface area contributed by atoms with Gasteiger partial charge in [-0.05, 0) is 78.1 Å². The summed E-state index contributed by atoms with van der Waals surface area (Å²) in [7, 11) is 0. The number of carbonyl (C=O) groups excluding carboxylic acids is 2. The first-order chi connectivity index (χ1) is 18.9. The van der Waals surface area contributed by atoms with Gasteiger partial charge in [0.25, 0.3) is 5.91 Å². The molecule has 8 heteroatoms. The van der Waals surface area contributed by atoms with Crippen LogP contribution in [0.1, 0.15) is 65.0 Å². The molecule has 2 amide bonds. The number of benzene rings is 2. The van der Waals surface area contributed by atoms with Crippen LogP contribution in [0.3, 0.4) is 0 Å². The molecule has 2 atom stereocenters. The molecule has 2 unspecified atom stereocenters. The first-order valence-electron chi connectivity index (χ1n) is 13.6. The first kappa shape index (κ1) is 27.3. The number of amides is 2. The van der Waals surface area contributed by atoms with Crippen LogP contribution in [0.25, 0.3) is 0 Å². The zero-order chi connectivity index (χ0) is 27.4. The third kappa shape index (κ3) is 6.50. The Kier molecular flexibility index (Phi) is 8.63. The van der Waals surface area contributed by atoms with E-state index in [1.807, 2.05) is 17.0 Å². The van der Waals surface area contributed by atoms with Crippen LogP contribution < -0.4 is 4.74 Å². The van der Waals surface area contributed by atoms with Crippen LogP contribution in [0, 0.1) is 5.82 Å². The van der Waals surface area contributed by atoms with Crippen LogP contribution in [-0.4, -0.2) is 60.6 Å². The normalized spacial score (nSPS) is 18.7. The molecule has 39 heavy (non-hydrogen) atoms. The molecule has 2 aliphatic heterocycles. The van der Waals surface area contributed by atoms with E-state index in [-0.39, 0.29) is 36.1 Å². The minimum absolute atomic E-state index is 0.103. The standard InChI is InChI=1S/C31H35FN2O4S/c1-21(2)22-8-10-25(11-9-22)38-20-28-27-13-16-39-29(27)12-14-34(28)30(35)19-33(18-26-7-4-15-37-26)31(36)23-5-3-6-24(32)17-23/h3,5-6,8-11,13,16-17,21,26,28H,4,7,12,14-15,18-20H2,1-2H3. The molecular formula is C31H35FN2O4S. The van der Waals surface area contributed by atoms with Crippen molar-refractivity contribution in [2.45, 2.75) is 51.2 Å². The van der Waals surface area contributed by atoms with E-state index in [2.05, 4.69) is 37.4 Å². The third-order valence-electron chi connectivity index (χ3n) is 7.50. The van der Waals surface area contributed by atoms with Crippen molar-refractivity contribution in [1.82, 2.24) is 9.80 Å². The summed E-state index contributed by atoms with van der Waals surface area (Å²) in [4.78, 5) is 31.9. The average Bonchev–Trinajstić information content (AvgIpc) is 3.63. The molecule has 2 aliphatic rings. The van der Waals surface area contributed by atoms with Gasteiger partial charge in [0, 0.05) is 30.1 Å². The molecule has 0 saturated carbocycles. The number of hydrogen-bond acceptors (Lipinski definition) is 5. The van der Waals surface area contributed by atoms with Gasteiger partial charge in [-0.2, -0.15) is 0 Å². The fraction of sp³-hybridized carbons (Fsp3) is 0.419. The Morgan fingerprint density at radius 3 is 2.72 bits per heavy atom. The second-order valence-corrected chi connectivity index (χ2v) is 11.5. The fourth-order valence-corrected chi connectivity index (χ4v) is 6.24. The smallest absolute Gasteiger partial charge is 0.254 e. The van der Waals surface area contributed by atoms with E-state index < -0.39 is 5.82 Å². The van der Waals surface area contributed by atoms with E-state index in [4.69, 9.17) is 9.47 Å². The van der Waals surface area contributed by atoms with Crippen molar-refractivity contribution in [2.24, 2.45) is 0 Å². The molecule has 0 spiro atoms. The minimum atomic E-state index is -0.482. The molecule has 2 aromatic carbocycles. The number of fused-ring (bicyclic) bond motifs is 1. The molecule has 1 aromatic heterocycles. The number of carbonyl (C=O) groups is 2. The average molecular weight is 551 g/mol. The van der Waals surface area contributed by atoms with Gasteiger partial charge >= 0.3 is 0 Å². The highest BCUT2D eigenvalue weighted by molar-refractivity contribution is 7.10. The molecule has 0 aliphatic carbocycles. The van der Waals surface area contributed by atoms with Crippen LogP contribution in [0.5, 0.6) is 5.75 Å². The summed E-state index contributed by atoms with van der Waals surface area (Å²) in [5, 5.41) is 2.06.